The molecule has 0 spiro atoms. The van der Waals surface area contributed by atoms with Crippen molar-refractivity contribution < 1.29 is 13.5 Å². The SMILES string of the molecule is CCC(C)(C)C(O)CCCS(=O)(=O)CC. The molecule has 0 fully saturated rings. The van der Waals surface area contributed by atoms with Gasteiger partial charge in [0.15, 0.2) is 0 Å². The second kappa shape index (κ2) is 5.85. The summed E-state index contributed by atoms with van der Waals surface area (Å²) in [6, 6.07) is 0. The number of rotatable bonds is 7. The van der Waals surface area contributed by atoms with Gasteiger partial charge in [-0.2, -0.15) is 0 Å². The van der Waals surface area contributed by atoms with Crippen LogP contribution in [-0.4, -0.2) is 31.1 Å². The van der Waals surface area contributed by atoms with E-state index in [0.29, 0.717) is 12.8 Å². The molecule has 0 aliphatic heterocycles. The molecule has 1 unspecified atom stereocenters. The summed E-state index contributed by atoms with van der Waals surface area (Å²) in [4.78, 5) is 0. The van der Waals surface area contributed by atoms with Gasteiger partial charge in [-0.25, -0.2) is 8.42 Å². The lowest BCUT2D eigenvalue weighted by molar-refractivity contribution is 0.0401. The molecule has 0 aromatic heterocycles. The van der Waals surface area contributed by atoms with Crippen molar-refractivity contribution in [3.63, 3.8) is 0 Å². The second-order valence-electron chi connectivity index (χ2n) is 4.74. The largest absolute Gasteiger partial charge is 0.393 e. The molecule has 1 N–H and O–H groups in total. The molecule has 4 heteroatoms. The molecular formula is C11H24O3S. The van der Waals surface area contributed by atoms with Crippen molar-refractivity contribution in [2.75, 3.05) is 11.5 Å². The Labute approximate surface area is 93.8 Å². The lowest BCUT2D eigenvalue weighted by atomic mass is 9.82. The van der Waals surface area contributed by atoms with Crippen LogP contribution in [0, 0.1) is 5.41 Å². The number of sulfone groups is 1. The molecule has 1 atom stereocenters. The molecule has 0 aliphatic rings. The summed E-state index contributed by atoms with van der Waals surface area (Å²) in [7, 11) is -2.88. The number of aliphatic hydroxyl groups is 1. The van der Waals surface area contributed by atoms with E-state index in [-0.39, 0.29) is 16.9 Å². The minimum atomic E-state index is -2.88. The fourth-order valence-corrected chi connectivity index (χ4v) is 2.16. The first-order valence-electron chi connectivity index (χ1n) is 5.63. The van der Waals surface area contributed by atoms with Gasteiger partial charge in [0.2, 0.25) is 0 Å². The van der Waals surface area contributed by atoms with E-state index >= 15 is 0 Å². The van der Waals surface area contributed by atoms with Gasteiger partial charge < -0.3 is 5.11 Å². The third kappa shape index (κ3) is 5.52. The zero-order chi connectivity index (χ0) is 12.1. The Hall–Kier alpha value is -0.0900. The van der Waals surface area contributed by atoms with Gasteiger partial charge in [0, 0.05) is 5.75 Å². The summed E-state index contributed by atoms with van der Waals surface area (Å²) in [5, 5.41) is 9.85. The molecule has 0 saturated heterocycles. The molecule has 0 heterocycles. The van der Waals surface area contributed by atoms with Gasteiger partial charge in [0.25, 0.3) is 0 Å². The van der Waals surface area contributed by atoms with Gasteiger partial charge in [-0.15, -0.1) is 0 Å². The number of hydrogen-bond donors (Lipinski definition) is 1. The van der Waals surface area contributed by atoms with Crippen molar-refractivity contribution >= 4 is 9.84 Å². The predicted octanol–water partition coefficient (Wildman–Crippen LogP) is 2.00. The van der Waals surface area contributed by atoms with Crippen LogP contribution in [0.1, 0.15) is 47.0 Å². The summed E-state index contributed by atoms with van der Waals surface area (Å²) in [5.74, 6) is 0.390. The van der Waals surface area contributed by atoms with E-state index in [9.17, 15) is 13.5 Å². The normalized spacial score (nSPS) is 15.3. The van der Waals surface area contributed by atoms with Crippen LogP contribution in [0.2, 0.25) is 0 Å². The molecule has 92 valence electrons. The first-order chi connectivity index (χ1) is 6.75. The minimum Gasteiger partial charge on any atom is -0.393 e. The summed E-state index contributed by atoms with van der Waals surface area (Å²) < 4.78 is 22.4. The van der Waals surface area contributed by atoms with E-state index in [0.717, 1.165) is 6.42 Å². The first kappa shape index (κ1) is 14.9. The maximum Gasteiger partial charge on any atom is 0.150 e. The van der Waals surface area contributed by atoms with Gasteiger partial charge in [-0.05, 0) is 24.7 Å². The summed E-state index contributed by atoms with van der Waals surface area (Å²) in [5.41, 5.74) is -0.115. The van der Waals surface area contributed by atoms with Gasteiger partial charge in [0.05, 0.1) is 11.9 Å². The van der Waals surface area contributed by atoms with Crippen LogP contribution in [0.3, 0.4) is 0 Å². The van der Waals surface area contributed by atoms with Crippen LogP contribution in [0.4, 0.5) is 0 Å². The Balaban J connectivity index is 3.98. The predicted molar refractivity (Wildman–Crippen MR) is 63.6 cm³/mol. The van der Waals surface area contributed by atoms with Crippen molar-refractivity contribution in [3.05, 3.63) is 0 Å². The number of aliphatic hydroxyl groups excluding tert-OH is 1. The van der Waals surface area contributed by atoms with Crippen LogP contribution < -0.4 is 0 Å². The van der Waals surface area contributed by atoms with Crippen molar-refractivity contribution in [2.24, 2.45) is 5.41 Å². The molecular weight excluding hydrogens is 212 g/mol. The quantitative estimate of drug-likeness (QED) is 0.735. The summed E-state index contributed by atoms with van der Waals surface area (Å²) in [6.45, 7) is 7.70. The fraction of sp³-hybridized carbons (Fsp3) is 1.00. The topological polar surface area (TPSA) is 54.4 Å². The van der Waals surface area contributed by atoms with Crippen LogP contribution in [0.5, 0.6) is 0 Å². The second-order valence-corrected chi connectivity index (χ2v) is 7.21. The average Bonchev–Trinajstić information content (AvgIpc) is 2.17. The van der Waals surface area contributed by atoms with Gasteiger partial charge in [-0.3, -0.25) is 0 Å². The lowest BCUT2D eigenvalue weighted by Crippen LogP contribution is -2.29. The molecule has 15 heavy (non-hydrogen) atoms. The van der Waals surface area contributed by atoms with E-state index in [1.165, 1.54) is 0 Å². The smallest absolute Gasteiger partial charge is 0.150 e. The third-order valence-electron chi connectivity index (χ3n) is 3.19. The Kier molecular flexibility index (Phi) is 5.81. The molecule has 0 rings (SSSR count). The van der Waals surface area contributed by atoms with Gasteiger partial charge in [-0.1, -0.05) is 27.7 Å². The Bertz CT molecular complexity index is 268. The number of hydrogen-bond acceptors (Lipinski definition) is 3. The van der Waals surface area contributed by atoms with E-state index in [2.05, 4.69) is 0 Å². The third-order valence-corrected chi connectivity index (χ3v) is 4.98. The molecule has 0 radical (unpaired) electrons. The van der Waals surface area contributed by atoms with Gasteiger partial charge in [0.1, 0.15) is 9.84 Å². The first-order valence-corrected chi connectivity index (χ1v) is 7.45. The Morgan fingerprint density at radius 1 is 1.27 bits per heavy atom. The average molecular weight is 236 g/mol. The molecule has 0 aliphatic carbocycles. The highest BCUT2D eigenvalue weighted by Crippen LogP contribution is 2.27. The monoisotopic (exact) mass is 236 g/mol. The maximum atomic E-state index is 11.2. The Morgan fingerprint density at radius 2 is 1.80 bits per heavy atom. The lowest BCUT2D eigenvalue weighted by Gasteiger charge is -2.29. The molecule has 0 amide bonds. The van der Waals surface area contributed by atoms with E-state index in [1.54, 1.807) is 6.92 Å². The van der Waals surface area contributed by atoms with Crippen molar-refractivity contribution in [3.8, 4) is 0 Å². The minimum absolute atomic E-state index is 0.115. The van der Waals surface area contributed by atoms with Crippen LogP contribution in [-0.2, 0) is 9.84 Å². The molecule has 0 saturated carbocycles. The van der Waals surface area contributed by atoms with Crippen molar-refractivity contribution in [1.29, 1.82) is 0 Å². The van der Waals surface area contributed by atoms with Crippen LogP contribution >= 0.6 is 0 Å². The van der Waals surface area contributed by atoms with Gasteiger partial charge >= 0.3 is 0 Å². The molecule has 0 bridgehead atoms. The van der Waals surface area contributed by atoms with Crippen molar-refractivity contribution in [1.82, 2.24) is 0 Å². The summed E-state index contributed by atoms with van der Waals surface area (Å²) >= 11 is 0. The highest BCUT2D eigenvalue weighted by molar-refractivity contribution is 7.91. The molecule has 3 nitrogen and oxygen atoms in total. The van der Waals surface area contributed by atoms with E-state index in [4.69, 9.17) is 0 Å². The molecule has 0 aromatic carbocycles. The van der Waals surface area contributed by atoms with Crippen LogP contribution in [0.15, 0.2) is 0 Å². The van der Waals surface area contributed by atoms with E-state index < -0.39 is 15.9 Å². The van der Waals surface area contributed by atoms with Crippen LogP contribution in [0.25, 0.3) is 0 Å². The Morgan fingerprint density at radius 3 is 2.20 bits per heavy atom. The van der Waals surface area contributed by atoms with E-state index in [1.807, 2.05) is 20.8 Å². The van der Waals surface area contributed by atoms with Crippen molar-refractivity contribution in [2.45, 2.75) is 53.1 Å². The molecule has 0 aromatic rings. The summed E-state index contributed by atoms with van der Waals surface area (Å²) in [6.07, 6.45) is 1.62. The zero-order valence-corrected chi connectivity index (χ0v) is 11.1. The standard InChI is InChI=1S/C11H24O3S/c1-5-11(3,4)10(12)8-7-9-15(13,14)6-2/h10,12H,5-9H2,1-4H3. The fourth-order valence-electron chi connectivity index (χ4n) is 1.27. The highest BCUT2D eigenvalue weighted by Gasteiger charge is 2.25. The highest BCUT2D eigenvalue weighted by atomic mass is 32.2. The maximum absolute atomic E-state index is 11.2. The zero-order valence-electron chi connectivity index (χ0n) is 10.3.